The van der Waals surface area contributed by atoms with Crippen LogP contribution in [-0.4, -0.2) is 31.5 Å². The van der Waals surface area contributed by atoms with Gasteiger partial charge in [-0.2, -0.15) is 0 Å². The van der Waals surface area contributed by atoms with Crippen LogP contribution in [0.25, 0.3) is 0 Å². The summed E-state index contributed by atoms with van der Waals surface area (Å²) in [6.07, 6.45) is 2.13. The fraction of sp³-hybridized carbons (Fsp3) is 0.533. The Hall–Kier alpha value is -1.00. The first-order valence-corrected chi connectivity index (χ1v) is 7.85. The van der Waals surface area contributed by atoms with Crippen LogP contribution in [0.4, 0.5) is 0 Å². The maximum atomic E-state index is 5.45. The van der Waals surface area contributed by atoms with Crippen LogP contribution in [0, 0.1) is 0 Å². The summed E-state index contributed by atoms with van der Waals surface area (Å²) in [5, 5.41) is 4.94. The summed E-state index contributed by atoms with van der Waals surface area (Å²) in [5.41, 5.74) is 1.36. The molecule has 1 heterocycles. The zero-order chi connectivity index (χ0) is 13.3. The van der Waals surface area contributed by atoms with Gasteiger partial charge in [-0.3, -0.25) is 4.99 Å². The number of amidine groups is 1. The molecule has 4 heteroatoms. The van der Waals surface area contributed by atoms with Crippen molar-refractivity contribution in [1.29, 1.82) is 0 Å². The fourth-order valence-electron chi connectivity index (χ4n) is 1.93. The molecule has 1 atom stereocenters. The summed E-state index contributed by atoms with van der Waals surface area (Å²) in [6.45, 7) is 5.65. The lowest BCUT2D eigenvalue weighted by Gasteiger charge is -2.09. The van der Waals surface area contributed by atoms with Gasteiger partial charge in [0.1, 0.15) is 0 Å². The van der Waals surface area contributed by atoms with Crippen LogP contribution in [0.2, 0.25) is 0 Å². The predicted octanol–water partition coefficient (Wildman–Crippen LogP) is 3.24. The number of thioether (sulfide) groups is 1. The molecule has 0 spiro atoms. The smallest absolute Gasteiger partial charge is 0.157 e. The van der Waals surface area contributed by atoms with Crippen LogP contribution in [0.5, 0.6) is 0 Å². The third-order valence-electron chi connectivity index (χ3n) is 2.92. The molecule has 0 saturated heterocycles. The highest BCUT2D eigenvalue weighted by Crippen LogP contribution is 2.33. The molecular weight excluding hydrogens is 256 g/mol. The Labute approximate surface area is 119 Å². The first-order chi connectivity index (χ1) is 9.40. The molecule has 0 radical (unpaired) electrons. The van der Waals surface area contributed by atoms with Gasteiger partial charge in [0, 0.05) is 19.8 Å². The van der Waals surface area contributed by atoms with Gasteiger partial charge in [-0.1, -0.05) is 49.0 Å². The van der Waals surface area contributed by atoms with E-state index in [0.29, 0.717) is 5.25 Å². The molecule has 1 N–H and O–H groups in total. The van der Waals surface area contributed by atoms with Crippen molar-refractivity contribution < 1.29 is 4.74 Å². The standard InChI is InChI=1S/C15H22N2OS/c1-2-10-18-11-6-9-16-15-17-12-14(19-15)13-7-4-3-5-8-13/h3-5,7-8,14H,2,6,9-12H2,1H3,(H,16,17). The van der Waals surface area contributed by atoms with Crippen molar-refractivity contribution in [2.24, 2.45) is 4.99 Å². The second-order valence-electron chi connectivity index (χ2n) is 4.56. The van der Waals surface area contributed by atoms with E-state index in [9.17, 15) is 0 Å². The maximum Gasteiger partial charge on any atom is 0.157 e. The van der Waals surface area contributed by atoms with Gasteiger partial charge < -0.3 is 10.1 Å². The molecule has 0 amide bonds. The molecule has 1 unspecified atom stereocenters. The number of nitrogens with one attached hydrogen (secondary N) is 1. The number of nitrogens with zero attached hydrogens (tertiary/aromatic N) is 1. The van der Waals surface area contributed by atoms with Gasteiger partial charge >= 0.3 is 0 Å². The van der Waals surface area contributed by atoms with Crippen molar-refractivity contribution in [3.05, 3.63) is 35.9 Å². The number of aliphatic imine (C=N–C) groups is 1. The molecule has 1 aromatic rings. The van der Waals surface area contributed by atoms with Gasteiger partial charge in [0.25, 0.3) is 0 Å². The Bertz CT molecular complexity index is 394. The summed E-state index contributed by atoms with van der Waals surface area (Å²) < 4.78 is 5.45. The largest absolute Gasteiger partial charge is 0.381 e. The zero-order valence-electron chi connectivity index (χ0n) is 11.5. The van der Waals surface area contributed by atoms with Gasteiger partial charge in [0.2, 0.25) is 0 Å². The van der Waals surface area contributed by atoms with Crippen molar-refractivity contribution >= 4 is 16.9 Å². The van der Waals surface area contributed by atoms with E-state index < -0.39 is 0 Å². The second kappa shape index (κ2) is 8.23. The first-order valence-electron chi connectivity index (χ1n) is 6.98. The molecule has 0 fully saturated rings. The van der Waals surface area contributed by atoms with Gasteiger partial charge in [-0.25, -0.2) is 0 Å². The average molecular weight is 278 g/mol. The minimum Gasteiger partial charge on any atom is -0.381 e. The highest BCUT2D eigenvalue weighted by molar-refractivity contribution is 8.14. The van der Waals surface area contributed by atoms with E-state index in [-0.39, 0.29) is 0 Å². The van der Waals surface area contributed by atoms with Crippen LogP contribution in [-0.2, 0) is 4.74 Å². The van der Waals surface area contributed by atoms with Gasteiger partial charge in [-0.15, -0.1) is 0 Å². The Kier molecular flexibility index (Phi) is 6.24. The third-order valence-corrected chi connectivity index (χ3v) is 4.12. The van der Waals surface area contributed by atoms with Crippen molar-refractivity contribution in [1.82, 2.24) is 5.32 Å². The fourth-order valence-corrected chi connectivity index (χ4v) is 2.98. The SMILES string of the molecule is CCCOCCCNC1=NCC(c2ccccc2)S1. The molecule has 1 aliphatic heterocycles. The average Bonchev–Trinajstić information content (AvgIpc) is 2.92. The second-order valence-corrected chi connectivity index (χ2v) is 5.75. The maximum absolute atomic E-state index is 5.45. The van der Waals surface area contributed by atoms with E-state index in [1.165, 1.54) is 5.56 Å². The molecule has 1 aliphatic rings. The van der Waals surface area contributed by atoms with E-state index in [1.54, 1.807) is 0 Å². The number of rotatable bonds is 7. The molecule has 19 heavy (non-hydrogen) atoms. The lowest BCUT2D eigenvalue weighted by Crippen LogP contribution is -2.21. The van der Waals surface area contributed by atoms with E-state index >= 15 is 0 Å². The molecule has 0 aliphatic carbocycles. The van der Waals surface area contributed by atoms with Crippen molar-refractivity contribution in [3.8, 4) is 0 Å². The molecule has 0 bridgehead atoms. The molecule has 0 saturated carbocycles. The molecule has 3 nitrogen and oxygen atoms in total. The van der Waals surface area contributed by atoms with E-state index in [1.807, 2.05) is 11.8 Å². The molecular formula is C15H22N2OS. The van der Waals surface area contributed by atoms with E-state index in [0.717, 1.165) is 44.3 Å². The van der Waals surface area contributed by atoms with Crippen LogP contribution >= 0.6 is 11.8 Å². The third kappa shape index (κ3) is 4.88. The number of ether oxygens (including phenoxy) is 1. The molecule has 2 rings (SSSR count). The Balaban J connectivity index is 1.62. The lowest BCUT2D eigenvalue weighted by molar-refractivity contribution is 0.133. The minimum atomic E-state index is 0.472. The summed E-state index contributed by atoms with van der Waals surface area (Å²) in [5.74, 6) is 0. The predicted molar refractivity (Wildman–Crippen MR) is 82.8 cm³/mol. The van der Waals surface area contributed by atoms with Crippen LogP contribution in [0.3, 0.4) is 0 Å². The van der Waals surface area contributed by atoms with Crippen LogP contribution in [0.15, 0.2) is 35.3 Å². The number of hydrogen-bond acceptors (Lipinski definition) is 4. The van der Waals surface area contributed by atoms with Crippen molar-refractivity contribution in [3.63, 3.8) is 0 Å². The van der Waals surface area contributed by atoms with E-state index in [2.05, 4.69) is 47.6 Å². The zero-order valence-corrected chi connectivity index (χ0v) is 12.3. The molecule has 0 aromatic heterocycles. The summed E-state index contributed by atoms with van der Waals surface area (Å²) in [7, 11) is 0. The summed E-state index contributed by atoms with van der Waals surface area (Å²) >= 11 is 1.83. The quantitative estimate of drug-likeness (QED) is 0.777. The van der Waals surface area contributed by atoms with Gasteiger partial charge in [-0.05, 0) is 18.4 Å². The molecule has 104 valence electrons. The lowest BCUT2D eigenvalue weighted by atomic mass is 10.1. The van der Waals surface area contributed by atoms with Crippen molar-refractivity contribution in [2.45, 2.75) is 25.0 Å². The van der Waals surface area contributed by atoms with Crippen molar-refractivity contribution in [2.75, 3.05) is 26.3 Å². The Morgan fingerprint density at radius 2 is 2.16 bits per heavy atom. The number of hydrogen-bond donors (Lipinski definition) is 1. The molecule has 1 aromatic carbocycles. The minimum absolute atomic E-state index is 0.472. The van der Waals surface area contributed by atoms with Crippen LogP contribution in [0.1, 0.15) is 30.6 Å². The highest BCUT2D eigenvalue weighted by atomic mass is 32.2. The van der Waals surface area contributed by atoms with Crippen LogP contribution < -0.4 is 5.32 Å². The first kappa shape index (κ1) is 14.4. The Morgan fingerprint density at radius 3 is 2.95 bits per heavy atom. The topological polar surface area (TPSA) is 33.6 Å². The number of benzene rings is 1. The highest BCUT2D eigenvalue weighted by Gasteiger charge is 2.20. The normalized spacial score (nSPS) is 18.4. The summed E-state index contributed by atoms with van der Waals surface area (Å²) in [6, 6.07) is 10.6. The van der Waals surface area contributed by atoms with Gasteiger partial charge in [0.15, 0.2) is 5.17 Å². The summed E-state index contributed by atoms with van der Waals surface area (Å²) in [4.78, 5) is 4.56. The Morgan fingerprint density at radius 1 is 1.32 bits per heavy atom. The van der Waals surface area contributed by atoms with Gasteiger partial charge in [0.05, 0.1) is 11.8 Å². The monoisotopic (exact) mass is 278 g/mol. The van der Waals surface area contributed by atoms with E-state index in [4.69, 9.17) is 4.74 Å².